The molecule has 1 saturated carbocycles. The molecular formula is C21H25NO5. The van der Waals surface area contributed by atoms with Gasteiger partial charge in [-0.25, -0.2) is 0 Å². The quantitative estimate of drug-likeness (QED) is 0.711. The summed E-state index contributed by atoms with van der Waals surface area (Å²) in [6.07, 6.45) is 2.03. The Hall–Kier alpha value is -2.89. The second-order valence-corrected chi connectivity index (χ2v) is 6.43. The molecule has 2 aromatic rings. The molecule has 3 rings (SSSR count). The average Bonchev–Trinajstić information content (AvgIpc) is 3.55. The molecule has 0 aliphatic heterocycles. The number of benzene rings is 2. The van der Waals surface area contributed by atoms with Gasteiger partial charge in [-0.3, -0.25) is 4.79 Å². The van der Waals surface area contributed by atoms with Gasteiger partial charge in [0.1, 0.15) is 5.75 Å². The van der Waals surface area contributed by atoms with Crippen molar-refractivity contribution in [3.8, 4) is 23.0 Å². The zero-order chi connectivity index (χ0) is 19.4. The van der Waals surface area contributed by atoms with Gasteiger partial charge < -0.3 is 23.8 Å². The lowest BCUT2D eigenvalue weighted by molar-refractivity contribution is 0.0729. The van der Waals surface area contributed by atoms with E-state index in [4.69, 9.17) is 18.9 Å². The maximum Gasteiger partial charge on any atom is 0.254 e. The minimum Gasteiger partial charge on any atom is -0.497 e. The Kier molecular flexibility index (Phi) is 5.74. The summed E-state index contributed by atoms with van der Waals surface area (Å²) < 4.78 is 21.5. The molecule has 0 N–H and O–H groups in total. The number of methoxy groups -OCH3 is 4. The van der Waals surface area contributed by atoms with Gasteiger partial charge >= 0.3 is 0 Å². The summed E-state index contributed by atoms with van der Waals surface area (Å²) in [6.45, 7) is 0.470. The molecule has 2 aromatic carbocycles. The lowest BCUT2D eigenvalue weighted by Crippen LogP contribution is -2.32. The van der Waals surface area contributed by atoms with Crippen LogP contribution in [0.15, 0.2) is 36.4 Å². The summed E-state index contributed by atoms with van der Waals surface area (Å²) in [5.41, 5.74) is 1.54. The van der Waals surface area contributed by atoms with E-state index in [2.05, 4.69) is 0 Å². The number of ether oxygens (including phenoxy) is 4. The SMILES string of the molecule is COc1cccc(C(=O)N(Cc2cc(OC)c(OC)c(OC)c2)C2CC2)c1. The van der Waals surface area contributed by atoms with Crippen LogP contribution >= 0.6 is 0 Å². The molecule has 0 spiro atoms. The van der Waals surface area contributed by atoms with Crippen molar-refractivity contribution in [3.63, 3.8) is 0 Å². The highest BCUT2D eigenvalue weighted by Crippen LogP contribution is 2.39. The van der Waals surface area contributed by atoms with Gasteiger partial charge in [0, 0.05) is 18.2 Å². The number of hydrogen-bond donors (Lipinski definition) is 0. The van der Waals surface area contributed by atoms with Crippen LogP contribution in [0.1, 0.15) is 28.8 Å². The highest BCUT2D eigenvalue weighted by molar-refractivity contribution is 5.95. The van der Waals surface area contributed by atoms with Crippen LogP contribution in [0.5, 0.6) is 23.0 Å². The van der Waals surface area contributed by atoms with E-state index in [1.54, 1.807) is 34.5 Å². The van der Waals surface area contributed by atoms with Crippen LogP contribution in [0.3, 0.4) is 0 Å². The first-order valence-electron chi connectivity index (χ1n) is 8.85. The number of carbonyl (C=O) groups excluding carboxylic acids is 1. The lowest BCUT2D eigenvalue weighted by Gasteiger charge is -2.24. The van der Waals surface area contributed by atoms with Crippen LogP contribution < -0.4 is 18.9 Å². The smallest absolute Gasteiger partial charge is 0.254 e. The van der Waals surface area contributed by atoms with E-state index in [9.17, 15) is 4.79 Å². The summed E-state index contributed by atoms with van der Waals surface area (Å²) >= 11 is 0. The molecule has 0 radical (unpaired) electrons. The first-order chi connectivity index (χ1) is 13.1. The third-order valence-electron chi connectivity index (χ3n) is 4.64. The van der Waals surface area contributed by atoms with Gasteiger partial charge in [0.2, 0.25) is 5.75 Å². The molecular weight excluding hydrogens is 346 g/mol. The predicted octanol–water partition coefficient (Wildman–Crippen LogP) is 3.53. The van der Waals surface area contributed by atoms with Crippen molar-refractivity contribution in [2.24, 2.45) is 0 Å². The average molecular weight is 371 g/mol. The summed E-state index contributed by atoms with van der Waals surface area (Å²) in [6, 6.07) is 11.3. The standard InChI is InChI=1S/C21H25NO5/c1-24-17-7-5-6-15(12-17)21(23)22(16-8-9-16)13-14-10-18(25-2)20(27-4)19(11-14)26-3/h5-7,10-12,16H,8-9,13H2,1-4H3. The van der Waals surface area contributed by atoms with E-state index in [0.717, 1.165) is 18.4 Å². The molecule has 6 heteroatoms. The van der Waals surface area contributed by atoms with E-state index in [-0.39, 0.29) is 11.9 Å². The third-order valence-corrected chi connectivity index (χ3v) is 4.64. The maximum absolute atomic E-state index is 13.1. The Labute approximate surface area is 159 Å². The number of rotatable bonds is 8. The van der Waals surface area contributed by atoms with Crippen LogP contribution in [0, 0.1) is 0 Å². The Morgan fingerprint density at radius 2 is 1.63 bits per heavy atom. The molecule has 0 aromatic heterocycles. The van der Waals surface area contributed by atoms with Crippen molar-refractivity contribution in [2.45, 2.75) is 25.4 Å². The summed E-state index contributed by atoms with van der Waals surface area (Å²) in [7, 11) is 6.34. The molecule has 1 fully saturated rings. The molecule has 1 amide bonds. The minimum atomic E-state index is -0.00912. The molecule has 0 unspecified atom stereocenters. The highest BCUT2D eigenvalue weighted by atomic mass is 16.5. The Morgan fingerprint density at radius 3 is 2.15 bits per heavy atom. The van der Waals surface area contributed by atoms with E-state index in [1.165, 1.54) is 0 Å². The van der Waals surface area contributed by atoms with Crippen LogP contribution in [0.2, 0.25) is 0 Å². The van der Waals surface area contributed by atoms with Crippen LogP contribution in [0.25, 0.3) is 0 Å². The van der Waals surface area contributed by atoms with E-state index in [0.29, 0.717) is 35.1 Å². The topological polar surface area (TPSA) is 57.2 Å². The lowest BCUT2D eigenvalue weighted by atomic mass is 10.1. The second kappa shape index (κ2) is 8.20. The predicted molar refractivity (Wildman–Crippen MR) is 102 cm³/mol. The van der Waals surface area contributed by atoms with Crippen LogP contribution in [0.4, 0.5) is 0 Å². The molecule has 1 aliphatic carbocycles. The van der Waals surface area contributed by atoms with Crippen molar-refractivity contribution >= 4 is 5.91 Å². The maximum atomic E-state index is 13.1. The van der Waals surface area contributed by atoms with Gasteiger partial charge in [0.15, 0.2) is 11.5 Å². The fraction of sp³-hybridized carbons (Fsp3) is 0.381. The van der Waals surface area contributed by atoms with Crippen molar-refractivity contribution in [3.05, 3.63) is 47.5 Å². The molecule has 27 heavy (non-hydrogen) atoms. The fourth-order valence-electron chi connectivity index (χ4n) is 3.10. The zero-order valence-electron chi connectivity index (χ0n) is 16.2. The summed E-state index contributed by atoms with van der Waals surface area (Å²) in [4.78, 5) is 15.0. The second-order valence-electron chi connectivity index (χ2n) is 6.43. The first kappa shape index (κ1) is 18.9. The van der Waals surface area contributed by atoms with Crippen molar-refractivity contribution < 1.29 is 23.7 Å². The van der Waals surface area contributed by atoms with E-state index < -0.39 is 0 Å². The van der Waals surface area contributed by atoms with Crippen LogP contribution in [-0.4, -0.2) is 45.3 Å². The number of amides is 1. The highest BCUT2D eigenvalue weighted by Gasteiger charge is 2.33. The Balaban J connectivity index is 1.90. The summed E-state index contributed by atoms with van der Waals surface area (Å²) in [5, 5.41) is 0. The zero-order valence-corrected chi connectivity index (χ0v) is 16.2. The van der Waals surface area contributed by atoms with Crippen molar-refractivity contribution in [1.29, 1.82) is 0 Å². The number of carbonyl (C=O) groups is 1. The molecule has 1 aliphatic rings. The number of hydrogen-bond acceptors (Lipinski definition) is 5. The molecule has 0 heterocycles. The Morgan fingerprint density at radius 1 is 0.963 bits per heavy atom. The molecule has 6 nitrogen and oxygen atoms in total. The van der Waals surface area contributed by atoms with Gasteiger partial charge in [-0.2, -0.15) is 0 Å². The van der Waals surface area contributed by atoms with Crippen molar-refractivity contribution in [1.82, 2.24) is 4.90 Å². The normalized spacial score (nSPS) is 13.0. The minimum absolute atomic E-state index is 0.00912. The first-order valence-corrected chi connectivity index (χ1v) is 8.85. The van der Waals surface area contributed by atoms with Crippen molar-refractivity contribution in [2.75, 3.05) is 28.4 Å². The third kappa shape index (κ3) is 4.10. The molecule has 0 bridgehead atoms. The van der Waals surface area contributed by atoms with E-state index >= 15 is 0 Å². The molecule has 0 atom stereocenters. The fourth-order valence-corrected chi connectivity index (χ4v) is 3.10. The van der Waals surface area contributed by atoms with Crippen LogP contribution in [-0.2, 0) is 6.54 Å². The monoisotopic (exact) mass is 371 g/mol. The largest absolute Gasteiger partial charge is 0.497 e. The molecule has 0 saturated heterocycles. The number of nitrogens with zero attached hydrogens (tertiary/aromatic N) is 1. The summed E-state index contributed by atoms with van der Waals surface area (Å²) in [5.74, 6) is 2.36. The van der Waals surface area contributed by atoms with Gasteiger partial charge in [-0.1, -0.05) is 6.07 Å². The van der Waals surface area contributed by atoms with Gasteiger partial charge in [0.05, 0.1) is 28.4 Å². The van der Waals surface area contributed by atoms with E-state index in [1.807, 2.05) is 35.2 Å². The van der Waals surface area contributed by atoms with Gasteiger partial charge in [-0.05, 0) is 48.7 Å². The van der Waals surface area contributed by atoms with Gasteiger partial charge in [-0.15, -0.1) is 0 Å². The Bertz CT molecular complexity index is 791. The van der Waals surface area contributed by atoms with Gasteiger partial charge in [0.25, 0.3) is 5.91 Å². The molecule has 144 valence electrons.